The van der Waals surface area contributed by atoms with Crippen molar-refractivity contribution in [1.29, 1.82) is 0 Å². The van der Waals surface area contributed by atoms with Crippen molar-refractivity contribution in [2.45, 2.75) is 38.9 Å². The maximum absolute atomic E-state index is 6.19. The van der Waals surface area contributed by atoms with E-state index in [9.17, 15) is 0 Å². The lowest BCUT2D eigenvalue weighted by Crippen LogP contribution is -2.41. The highest BCUT2D eigenvalue weighted by Crippen LogP contribution is 2.37. The molecule has 0 aliphatic carbocycles. The molecule has 2 nitrogen and oxygen atoms in total. The Balaban J connectivity index is 0.000000152. The molecular weight excluding hydrogens is 531 g/mol. The maximum Gasteiger partial charge on any atom is 0.494 e. The standard InChI is InChI=1S/C20H21BO2.C14H9Br/c1-19(2)20(3,4)23-21(22-19)16-12-11-15-10-9-14-7-5-6-8-17(14)18(15)13-16;15-12-8-7-11-6-5-10-3-1-2-4-13(10)14(11)9-12/h5-13H,1-4H3;1-9H. The van der Waals surface area contributed by atoms with E-state index < -0.39 is 0 Å². The van der Waals surface area contributed by atoms with Crippen molar-refractivity contribution in [3.05, 3.63) is 114 Å². The van der Waals surface area contributed by atoms with Crippen molar-refractivity contribution in [3.63, 3.8) is 0 Å². The fraction of sp³-hybridized carbons (Fsp3) is 0.176. The highest BCUT2D eigenvalue weighted by Gasteiger charge is 2.51. The SMILES string of the molecule is Brc1ccc2ccc3ccccc3c2c1.CC1(C)OB(c2ccc3ccc4ccccc4c3c2)OC1(C)C. The molecule has 4 heteroatoms. The molecule has 0 amide bonds. The van der Waals surface area contributed by atoms with Gasteiger partial charge in [0.15, 0.2) is 0 Å². The van der Waals surface area contributed by atoms with Gasteiger partial charge in [0, 0.05) is 4.47 Å². The second-order valence-electron chi connectivity index (χ2n) is 11.0. The zero-order chi connectivity index (χ0) is 26.5. The van der Waals surface area contributed by atoms with Gasteiger partial charge in [-0.1, -0.05) is 113 Å². The lowest BCUT2D eigenvalue weighted by Gasteiger charge is -2.32. The summed E-state index contributed by atoms with van der Waals surface area (Å²) < 4.78 is 13.5. The summed E-state index contributed by atoms with van der Waals surface area (Å²) in [6.45, 7) is 8.35. The average Bonchev–Trinajstić information content (AvgIpc) is 3.15. The van der Waals surface area contributed by atoms with Crippen LogP contribution in [0.3, 0.4) is 0 Å². The Morgan fingerprint density at radius 2 is 0.921 bits per heavy atom. The summed E-state index contributed by atoms with van der Waals surface area (Å²) in [6, 6.07) is 38.5. The molecule has 1 heterocycles. The first-order valence-electron chi connectivity index (χ1n) is 13.1. The molecule has 0 radical (unpaired) electrons. The van der Waals surface area contributed by atoms with Crippen LogP contribution in [0, 0.1) is 0 Å². The van der Waals surface area contributed by atoms with Crippen molar-refractivity contribution >= 4 is 71.6 Å². The van der Waals surface area contributed by atoms with Crippen molar-refractivity contribution in [2.75, 3.05) is 0 Å². The van der Waals surface area contributed by atoms with E-state index in [-0.39, 0.29) is 18.3 Å². The lowest BCUT2D eigenvalue weighted by atomic mass is 9.78. The van der Waals surface area contributed by atoms with Crippen LogP contribution in [0.4, 0.5) is 0 Å². The van der Waals surface area contributed by atoms with Crippen molar-refractivity contribution in [1.82, 2.24) is 0 Å². The average molecular weight is 561 g/mol. The molecule has 6 aromatic rings. The normalized spacial score (nSPS) is 16.2. The van der Waals surface area contributed by atoms with Crippen LogP contribution in [-0.2, 0) is 9.31 Å². The van der Waals surface area contributed by atoms with E-state index >= 15 is 0 Å². The minimum Gasteiger partial charge on any atom is -0.399 e. The Labute approximate surface area is 232 Å². The molecule has 38 heavy (non-hydrogen) atoms. The number of hydrogen-bond donors (Lipinski definition) is 0. The third kappa shape index (κ3) is 4.51. The van der Waals surface area contributed by atoms with Gasteiger partial charge in [0.1, 0.15) is 0 Å². The molecule has 6 aromatic carbocycles. The van der Waals surface area contributed by atoms with Crippen molar-refractivity contribution < 1.29 is 9.31 Å². The van der Waals surface area contributed by atoms with Crippen LogP contribution < -0.4 is 5.46 Å². The van der Waals surface area contributed by atoms with Crippen LogP contribution in [0.1, 0.15) is 27.7 Å². The first-order chi connectivity index (χ1) is 18.2. The molecular formula is C34H30BBrO2. The predicted octanol–water partition coefficient (Wildman–Crippen LogP) is 9.05. The van der Waals surface area contributed by atoms with Gasteiger partial charge in [-0.05, 0) is 88.4 Å². The van der Waals surface area contributed by atoms with Crippen LogP contribution >= 0.6 is 15.9 Å². The summed E-state index contributed by atoms with van der Waals surface area (Å²) in [5.41, 5.74) is 0.448. The molecule has 1 fully saturated rings. The molecule has 188 valence electrons. The number of fused-ring (bicyclic) bond motifs is 6. The molecule has 0 N–H and O–H groups in total. The minimum absolute atomic E-state index is 0.314. The summed E-state index contributed by atoms with van der Waals surface area (Å²) in [4.78, 5) is 0. The summed E-state index contributed by atoms with van der Waals surface area (Å²) in [5.74, 6) is 0. The Morgan fingerprint density at radius 1 is 0.500 bits per heavy atom. The van der Waals surface area contributed by atoms with Crippen LogP contribution in [0.2, 0.25) is 0 Å². The van der Waals surface area contributed by atoms with Crippen LogP contribution in [0.25, 0.3) is 43.1 Å². The van der Waals surface area contributed by atoms with Gasteiger partial charge >= 0.3 is 7.12 Å². The second kappa shape index (κ2) is 9.53. The molecule has 1 saturated heterocycles. The van der Waals surface area contributed by atoms with Gasteiger partial charge in [-0.15, -0.1) is 0 Å². The third-order valence-electron chi connectivity index (χ3n) is 8.00. The molecule has 1 aliphatic rings. The molecule has 7 rings (SSSR count). The zero-order valence-corrected chi connectivity index (χ0v) is 23.8. The maximum atomic E-state index is 6.19. The first-order valence-corrected chi connectivity index (χ1v) is 13.9. The van der Waals surface area contributed by atoms with Gasteiger partial charge in [0.05, 0.1) is 11.2 Å². The molecule has 0 bridgehead atoms. The van der Waals surface area contributed by atoms with Crippen molar-refractivity contribution in [2.24, 2.45) is 0 Å². The molecule has 0 unspecified atom stereocenters. The van der Waals surface area contributed by atoms with Gasteiger partial charge < -0.3 is 9.31 Å². The summed E-state index contributed by atoms with van der Waals surface area (Å²) in [5, 5.41) is 10.2. The zero-order valence-electron chi connectivity index (χ0n) is 22.2. The fourth-order valence-corrected chi connectivity index (χ4v) is 5.48. The fourth-order valence-electron chi connectivity index (χ4n) is 5.12. The Morgan fingerprint density at radius 3 is 1.47 bits per heavy atom. The molecule has 0 saturated carbocycles. The van der Waals surface area contributed by atoms with E-state index in [0.717, 1.165) is 9.94 Å². The van der Waals surface area contributed by atoms with E-state index in [1.807, 2.05) is 0 Å². The number of benzene rings is 6. The van der Waals surface area contributed by atoms with Crippen LogP contribution in [-0.4, -0.2) is 18.3 Å². The smallest absolute Gasteiger partial charge is 0.399 e. The Kier molecular flexibility index (Phi) is 6.30. The Hall–Kier alpha value is -3.18. The van der Waals surface area contributed by atoms with Crippen molar-refractivity contribution in [3.8, 4) is 0 Å². The quantitative estimate of drug-likeness (QED) is 0.147. The molecule has 0 spiro atoms. The number of halogens is 1. The number of rotatable bonds is 1. The van der Waals surface area contributed by atoms with E-state index in [2.05, 4.69) is 153 Å². The third-order valence-corrected chi connectivity index (χ3v) is 8.50. The van der Waals surface area contributed by atoms with Crippen LogP contribution in [0.5, 0.6) is 0 Å². The monoisotopic (exact) mass is 560 g/mol. The summed E-state index contributed by atoms with van der Waals surface area (Å²) in [7, 11) is -0.316. The minimum atomic E-state index is -0.316. The molecule has 0 atom stereocenters. The summed E-state index contributed by atoms with van der Waals surface area (Å²) in [6.07, 6.45) is 0. The predicted molar refractivity (Wildman–Crippen MR) is 166 cm³/mol. The first kappa shape index (κ1) is 25.1. The summed E-state index contributed by atoms with van der Waals surface area (Å²) >= 11 is 3.52. The number of hydrogen-bond acceptors (Lipinski definition) is 2. The highest BCUT2D eigenvalue weighted by atomic mass is 79.9. The van der Waals surface area contributed by atoms with Gasteiger partial charge in [0.25, 0.3) is 0 Å². The van der Waals surface area contributed by atoms with E-state index in [1.165, 1.54) is 43.1 Å². The van der Waals surface area contributed by atoms with Gasteiger partial charge in [-0.2, -0.15) is 0 Å². The Bertz CT molecular complexity index is 1790. The van der Waals surface area contributed by atoms with E-state index in [1.54, 1.807) is 0 Å². The lowest BCUT2D eigenvalue weighted by molar-refractivity contribution is 0.00578. The topological polar surface area (TPSA) is 18.5 Å². The second-order valence-corrected chi connectivity index (χ2v) is 11.9. The van der Waals surface area contributed by atoms with E-state index in [0.29, 0.717) is 0 Å². The van der Waals surface area contributed by atoms with Gasteiger partial charge in [0.2, 0.25) is 0 Å². The highest BCUT2D eigenvalue weighted by molar-refractivity contribution is 9.10. The van der Waals surface area contributed by atoms with Gasteiger partial charge in [-0.25, -0.2) is 0 Å². The molecule has 1 aliphatic heterocycles. The van der Waals surface area contributed by atoms with E-state index in [4.69, 9.17) is 9.31 Å². The van der Waals surface area contributed by atoms with Crippen LogP contribution in [0.15, 0.2) is 114 Å². The largest absolute Gasteiger partial charge is 0.494 e. The van der Waals surface area contributed by atoms with Gasteiger partial charge in [-0.3, -0.25) is 0 Å². The molecule has 0 aromatic heterocycles.